The van der Waals surface area contributed by atoms with Gasteiger partial charge in [-0.3, -0.25) is 4.79 Å². The largest absolute Gasteiger partial charge is 0.388 e. The van der Waals surface area contributed by atoms with E-state index in [1.54, 1.807) is 6.92 Å². The summed E-state index contributed by atoms with van der Waals surface area (Å²) in [5.41, 5.74) is 0.0468. The van der Waals surface area contributed by atoms with Gasteiger partial charge in [0.2, 0.25) is 0 Å². The van der Waals surface area contributed by atoms with Crippen molar-refractivity contribution in [3.8, 4) is 0 Å². The van der Waals surface area contributed by atoms with Crippen LogP contribution in [-0.2, 0) is 0 Å². The number of halogens is 1. The monoisotopic (exact) mass is 275 g/mol. The Morgan fingerprint density at radius 1 is 1.65 bits per heavy atom. The molecule has 1 rings (SSSR count). The van der Waals surface area contributed by atoms with E-state index in [-0.39, 0.29) is 12.5 Å². The lowest BCUT2D eigenvalue weighted by Crippen LogP contribution is -2.40. The number of amides is 1. The van der Waals surface area contributed by atoms with Crippen molar-refractivity contribution in [2.75, 3.05) is 6.54 Å². The molecule has 1 heterocycles. The van der Waals surface area contributed by atoms with Gasteiger partial charge >= 0.3 is 0 Å². The summed E-state index contributed by atoms with van der Waals surface area (Å²) < 4.78 is 0. The molecule has 3 nitrogen and oxygen atoms in total. The van der Waals surface area contributed by atoms with E-state index in [2.05, 4.69) is 5.32 Å². The highest BCUT2D eigenvalue weighted by atomic mass is 35.5. The molecule has 17 heavy (non-hydrogen) atoms. The topological polar surface area (TPSA) is 49.3 Å². The molecule has 1 aromatic heterocycles. The normalized spacial score (nSPS) is 14.4. The van der Waals surface area contributed by atoms with E-state index < -0.39 is 5.60 Å². The zero-order chi connectivity index (χ0) is 13.1. The van der Waals surface area contributed by atoms with Crippen molar-refractivity contribution in [2.45, 2.75) is 39.2 Å². The average molecular weight is 276 g/mol. The van der Waals surface area contributed by atoms with Crippen LogP contribution in [0.2, 0.25) is 5.02 Å². The first-order valence-electron chi connectivity index (χ1n) is 5.61. The van der Waals surface area contributed by atoms with E-state index in [0.717, 1.165) is 12.0 Å². The third-order valence-electron chi connectivity index (χ3n) is 2.52. The minimum Gasteiger partial charge on any atom is -0.388 e. The first kappa shape index (κ1) is 14.5. The number of hydrogen-bond donors (Lipinski definition) is 2. The Balaban J connectivity index is 2.59. The minimum atomic E-state index is -0.858. The zero-order valence-electron chi connectivity index (χ0n) is 10.3. The number of aliphatic hydroxyl groups is 1. The molecular weight excluding hydrogens is 258 g/mol. The first-order chi connectivity index (χ1) is 7.87. The van der Waals surface area contributed by atoms with E-state index in [9.17, 15) is 9.90 Å². The van der Waals surface area contributed by atoms with Gasteiger partial charge < -0.3 is 10.4 Å². The van der Waals surface area contributed by atoms with Crippen LogP contribution in [0.15, 0.2) is 5.38 Å². The Bertz CT molecular complexity index is 401. The van der Waals surface area contributed by atoms with Gasteiger partial charge in [0.15, 0.2) is 0 Å². The van der Waals surface area contributed by atoms with Crippen molar-refractivity contribution in [1.82, 2.24) is 5.32 Å². The number of rotatable bonds is 5. The van der Waals surface area contributed by atoms with Crippen molar-refractivity contribution in [3.63, 3.8) is 0 Å². The summed E-state index contributed by atoms with van der Waals surface area (Å²) in [5, 5.41) is 15.0. The minimum absolute atomic E-state index is 0.218. The number of carbonyl (C=O) groups excluding carboxylic acids is 1. The summed E-state index contributed by atoms with van der Waals surface area (Å²) in [6.45, 7) is 5.82. The molecule has 0 radical (unpaired) electrons. The quantitative estimate of drug-likeness (QED) is 0.868. The number of hydrogen-bond acceptors (Lipinski definition) is 3. The van der Waals surface area contributed by atoms with Crippen molar-refractivity contribution in [1.29, 1.82) is 0 Å². The second kappa shape index (κ2) is 5.85. The van der Waals surface area contributed by atoms with Crippen LogP contribution >= 0.6 is 22.9 Å². The Kier molecular flexibility index (Phi) is 4.98. The lowest BCUT2D eigenvalue weighted by molar-refractivity contribution is 0.0470. The maximum Gasteiger partial charge on any atom is 0.262 e. The molecule has 0 aliphatic rings. The average Bonchev–Trinajstić information content (AvgIpc) is 2.57. The van der Waals surface area contributed by atoms with Gasteiger partial charge in [0, 0.05) is 6.54 Å². The smallest absolute Gasteiger partial charge is 0.262 e. The van der Waals surface area contributed by atoms with Crippen molar-refractivity contribution in [2.24, 2.45) is 0 Å². The van der Waals surface area contributed by atoms with E-state index in [4.69, 9.17) is 11.6 Å². The highest BCUT2D eigenvalue weighted by Crippen LogP contribution is 2.27. The molecule has 0 aromatic carbocycles. The van der Waals surface area contributed by atoms with Gasteiger partial charge in [-0.2, -0.15) is 0 Å². The Morgan fingerprint density at radius 2 is 2.29 bits per heavy atom. The number of aryl methyl sites for hydroxylation is 1. The molecule has 0 spiro atoms. The Hall–Kier alpha value is -0.580. The molecule has 1 unspecified atom stereocenters. The molecule has 0 saturated heterocycles. The van der Waals surface area contributed by atoms with Gasteiger partial charge in [0.25, 0.3) is 5.91 Å². The molecule has 1 amide bonds. The molecule has 0 aliphatic heterocycles. The molecule has 1 aromatic rings. The molecule has 96 valence electrons. The van der Waals surface area contributed by atoms with Crippen LogP contribution in [0, 0.1) is 6.92 Å². The van der Waals surface area contributed by atoms with Crippen LogP contribution in [0.5, 0.6) is 0 Å². The zero-order valence-corrected chi connectivity index (χ0v) is 11.9. The van der Waals surface area contributed by atoms with Gasteiger partial charge in [-0.1, -0.05) is 24.9 Å². The third kappa shape index (κ3) is 3.98. The van der Waals surface area contributed by atoms with Gasteiger partial charge in [-0.25, -0.2) is 0 Å². The van der Waals surface area contributed by atoms with Crippen LogP contribution < -0.4 is 5.32 Å². The summed E-state index contributed by atoms with van der Waals surface area (Å²) in [6, 6.07) is 0. The first-order valence-corrected chi connectivity index (χ1v) is 6.87. The second-order valence-electron chi connectivity index (χ2n) is 4.49. The molecule has 0 aliphatic carbocycles. The molecular formula is C12H18ClNO2S. The van der Waals surface area contributed by atoms with Gasteiger partial charge in [-0.05, 0) is 31.2 Å². The molecule has 5 heteroatoms. The fourth-order valence-corrected chi connectivity index (χ4v) is 2.76. The van der Waals surface area contributed by atoms with E-state index in [1.165, 1.54) is 11.3 Å². The highest BCUT2D eigenvalue weighted by molar-refractivity contribution is 7.13. The van der Waals surface area contributed by atoms with E-state index in [1.807, 2.05) is 19.2 Å². The van der Waals surface area contributed by atoms with Crippen LogP contribution in [0.3, 0.4) is 0 Å². The maximum atomic E-state index is 11.8. The molecule has 1 atom stereocenters. The van der Waals surface area contributed by atoms with Crippen LogP contribution in [0.25, 0.3) is 0 Å². The summed E-state index contributed by atoms with van der Waals surface area (Å²) in [7, 11) is 0. The van der Waals surface area contributed by atoms with Crippen LogP contribution in [-0.4, -0.2) is 23.2 Å². The highest BCUT2D eigenvalue weighted by Gasteiger charge is 2.21. The van der Waals surface area contributed by atoms with Gasteiger partial charge in [0.05, 0.1) is 10.6 Å². The number of carbonyl (C=O) groups is 1. The maximum absolute atomic E-state index is 11.8. The standard InChI is InChI=1S/C12H18ClNO2S/c1-4-5-12(3,16)7-14-11(15)10-9(13)8(2)6-17-10/h6,16H,4-5,7H2,1-3H3,(H,14,15). The SMILES string of the molecule is CCCC(C)(O)CNC(=O)c1scc(C)c1Cl. The fourth-order valence-electron chi connectivity index (χ4n) is 1.56. The second-order valence-corrected chi connectivity index (χ2v) is 5.75. The molecule has 0 saturated carbocycles. The van der Waals surface area contributed by atoms with Crippen LogP contribution in [0.4, 0.5) is 0 Å². The van der Waals surface area contributed by atoms with E-state index in [0.29, 0.717) is 16.3 Å². The van der Waals surface area contributed by atoms with E-state index >= 15 is 0 Å². The Morgan fingerprint density at radius 3 is 2.76 bits per heavy atom. The van der Waals surface area contributed by atoms with Gasteiger partial charge in [0.1, 0.15) is 4.88 Å². The lowest BCUT2D eigenvalue weighted by Gasteiger charge is -2.22. The summed E-state index contributed by atoms with van der Waals surface area (Å²) in [4.78, 5) is 12.3. The number of thiophene rings is 1. The molecule has 0 bridgehead atoms. The predicted octanol–water partition coefficient (Wildman–Crippen LogP) is 2.99. The third-order valence-corrected chi connectivity index (χ3v) is 4.22. The molecule has 0 fully saturated rings. The summed E-state index contributed by atoms with van der Waals surface area (Å²) in [6.07, 6.45) is 1.53. The van der Waals surface area contributed by atoms with Crippen molar-refractivity contribution < 1.29 is 9.90 Å². The van der Waals surface area contributed by atoms with Gasteiger partial charge in [-0.15, -0.1) is 11.3 Å². The summed E-state index contributed by atoms with van der Waals surface area (Å²) in [5.74, 6) is -0.218. The number of nitrogens with one attached hydrogen (secondary N) is 1. The molecule has 2 N–H and O–H groups in total. The fraction of sp³-hybridized carbons (Fsp3) is 0.583. The predicted molar refractivity (Wildman–Crippen MR) is 71.9 cm³/mol. The van der Waals surface area contributed by atoms with Crippen LogP contribution in [0.1, 0.15) is 41.9 Å². The summed E-state index contributed by atoms with van der Waals surface area (Å²) >= 11 is 7.32. The Labute approximate surface area is 111 Å². The van der Waals surface area contributed by atoms with Crippen molar-refractivity contribution >= 4 is 28.8 Å². The van der Waals surface area contributed by atoms with Crippen molar-refractivity contribution in [3.05, 3.63) is 20.8 Å². The lowest BCUT2D eigenvalue weighted by atomic mass is 10.0.